The van der Waals surface area contributed by atoms with Gasteiger partial charge in [-0.2, -0.15) is 0 Å². The fourth-order valence-electron chi connectivity index (χ4n) is 1.72. The third-order valence-electron chi connectivity index (χ3n) is 2.60. The Hall–Kier alpha value is -1.45. The molecule has 0 saturated heterocycles. The van der Waals surface area contributed by atoms with Crippen LogP contribution in [0.15, 0.2) is 32.9 Å². The normalized spacial score (nSPS) is 11.4. The molecule has 0 aliphatic rings. The lowest BCUT2D eigenvalue weighted by Gasteiger charge is -2.10. The van der Waals surface area contributed by atoms with E-state index in [2.05, 4.69) is 20.7 Å². The van der Waals surface area contributed by atoms with E-state index in [1.165, 1.54) is 29.5 Å². The van der Waals surface area contributed by atoms with Gasteiger partial charge in [0.2, 0.25) is 0 Å². The molecule has 1 aromatic heterocycles. The van der Waals surface area contributed by atoms with Crippen LogP contribution in [0.25, 0.3) is 0 Å². The summed E-state index contributed by atoms with van der Waals surface area (Å²) in [5.74, 6) is -2.56. The number of thiophene rings is 1. The monoisotopic (exact) mass is 393 g/mol. The summed E-state index contributed by atoms with van der Waals surface area (Å²) in [7, 11) is -4.00. The summed E-state index contributed by atoms with van der Waals surface area (Å²) in [4.78, 5) is 11.6. The van der Waals surface area contributed by atoms with E-state index >= 15 is 0 Å². The quantitative estimate of drug-likeness (QED) is 0.832. The van der Waals surface area contributed by atoms with Crippen molar-refractivity contribution in [2.75, 3.05) is 4.72 Å². The van der Waals surface area contributed by atoms with Crippen LogP contribution in [0.2, 0.25) is 0 Å². The Bertz CT molecular complexity index is 817. The molecule has 5 nitrogen and oxygen atoms in total. The summed E-state index contributed by atoms with van der Waals surface area (Å²) in [5, 5.41) is 8.99. The Labute approximate surface area is 132 Å². The van der Waals surface area contributed by atoms with Gasteiger partial charge in [0.25, 0.3) is 10.0 Å². The number of aromatic carboxylic acids is 1. The Balaban J connectivity index is 2.50. The lowest BCUT2D eigenvalue weighted by Crippen LogP contribution is -2.16. The Morgan fingerprint density at radius 1 is 1.43 bits per heavy atom. The molecule has 0 bridgehead atoms. The number of nitrogens with one attached hydrogen (secondary N) is 1. The van der Waals surface area contributed by atoms with Crippen molar-refractivity contribution < 1.29 is 22.7 Å². The van der Waals surface area contributed by atoms with Gasteiger partial charge in [-0.05, 0) is 41.1 Å². The number of carbonyl (C=O) groups is 1. The number of anilines is 1. The van der Waals surface area contributed by atoms with Crippen molar-refractivity contribution in [3.05, 3.63) is 44.3 Å². The SMILES string of the molecule is Cc1sc(Br)cc1S(=O)(=O)Nc1cccc(F)c1C(=O)O. The van der Waals surface area contributed by atoms with Crippen LogP contribution in [0.4, 0.5) is 10.1 Å². The summed E-state index contributed by atoms with van der Waals surface area (Å²) in [6, 6.07) is 4.78. The molecule has 112 valence electrons. The number of hydrogen-bond acceptors (Lipinski definition) is 4. The summed E-state index contributed by atoms with van der Waals surface area (Å²) in [6.45, 7) is 1.62. The molecular weight excluding hydrogens is 385 g/mol. The lowest BCUT2D eigenvalue weighted by molar-refractivity contribution is 0.0693. The number of halogens is 2. The standard InChI is InChI=1S/C12H9BrFNO4S2/c1-6-9(5-10(13)20-6)21(18,19)15-8-4-2-3-7(14)11(8)12(16)17/h2-5,15H,1H3,(H,16,17). The van der Waals surface area contributed by atoms with E-state index in [1.54, 1.807) is 6.92 Å². The maximum atomic E-state index is 13.5. The van der Waals surface area contributed by atoms with E-state index < -0.39 is 27.4 Å². The number of rotatable bonds is 4. The van der Waals surface area contributed by atoms with Gasteiger partial charge in [-0.3, -0.25) is 4.72 Å². The summed E-state index contributed by atoms with van der Waals surface area (Å²) < 4.78 is 40.8. The second-order valence-corrected chi connectivity index (χ2v) is 8.33. The van der Waals surface area contributed by atoms with E-state index in [-0.39, 0.29) is 10.6 Å². The minimum atomic E-state index is -4.00. The van der Waals surface area contributed by atoms with Gasteiger partial charge in [-0.1, -0.05) is 6.07 Å². The smallest absolute Gasteiger partial charge is 0.340 e. The van der Waals surface area contributed by atoms with Crippen LogP contribution in [0.5, 0.6) is 0 Å². The number of carboxylic acids is 1. The molecule has 1 aromatic carbocycles. The maximum absolute atomic E-state index is 13.5. The highest BCUT2D eigenvalue weighted by Gasteiger charge is 2.23. The summed E-state index contributed by atoms with van der Waals surface area (Å²) in [5.41, 5.74) is -1.03. The molecule has 0 spiro atoms. The van der Waals surface area contributed by atoms with Crippen LogP contribution >= 0.6 is 27.3 Å². The second kappa shape index (κ2) is 5.74. The Kier molecular flexibility index (Phi) is 4.35. The Morgan fingerprint density at radius 2 is 2.10 bits per heavy atom. The van der Waals surface area contributed by atoms with Gasteiger partial charge in [0.1, 0.15) is 16.3 Å². The van der Waals surface area contributed by atoms with Gasteiger partial charge in [0.15, 0.2) is 0 Å². The van der Waals surface area contributed by atoms with Crippen LogP contribution in [-0.2, 0) is 10.0 Å². The first-order valence-electron chi connectivity index (χ1n) is 5.53. The first-order valence-corrected chi connectivity index (χ1v) is 8.62. The zero-order valence-corrected chi connectivity index (χ0v) is 13.8. The topological polar surface area (TPSA) is 83.5 Å². The van der Waals surface area contributed by atoms with Crippen LogP contribution in [-0.4, -0.2) is 19.5 Å². The van der Waals surface area contributed by atoms with Gasteiger partial charge in [0, 0.05) is 4.88 Å². The molecule has 0 radical (unpaired) electrons. The number of benzene rings is 1. The molecular formula is C12H9BrFNO4S2. The third-order valence-corrected chi connectivity index (χ3v) is 5.78. The molecule has 2 aromatic rings. The van der Waals surface area contributed by atoms with Crippen LogP contribution in [0.3, 0.4) is 0 Å². The molecule has 1 heterocycles. The van der Waals surface area contributed by atoms with E-state index in [0.29, 0.717) is 8.66 Å². The molecule has 0 saturated carbocycles. The zero-order chi connectivity index (χ0) is 15.8. The van der Waals surface area contributed by atoms with E-state index in [1.807, 2.05) is 0 Å². The highest BCUT2D eigenvalue weighted by atomic mass is 79.9. The number of hydrogen-bond donors (Lipinski definition) is 2. The Morgan fingerprint density at radius 3 is 2.62 bits per heavy atom. The van der Waals surface area contributed by atoms with Crippen molar-refractivity contribution in [1.82, 2.24) is 0 Å². The predicted molar refractivity (Wildman–Crippen MR) is 80.9 cm³/mol. The molecule has 9 heteroatoms. The molecule has 0 atom stereocenters. The van der Waals surface area contributed by atoms with E-state index in [0.717, 1.165) is 6.07 Å². The second-order valence-electron chi connectivity index (χ2n) is 4.04. The molecule has 2 rings (SSSR count). The van der Waals surface area contributed by atoms with Gasteiger partial charge < -0.3 is 5.11 Å². The average Bonchev–Trinajstić information content (AvgIpc) is 2.68. The van der Waals surface area contributed by atoms with Crippen molar-refractivity contribution in [2.24, 2.45) is 0 Å². The molecule has 21 heavy (non-hydrogen) atoms. The van der Waals surface area contributed by atoms with Crippen LogP contribution < -0.4 is 4.72 Å². The van der Waals surface area contributed by atoms with Gasteiger partial charge >= 0.3 is 5.97 Å². The molecule has 2 N–H and O–H groups in total. The van der Waals surface area contributed by atoms with Crippen molar-refractivity contribution in [3.63, 3.8) is 0 Å². The minimum Gasteiger partial charge on any atom is -0.478 e. The van der Waals surface area contributed by atoms with Gasteiger partial charge in [-0.15, -0.1) is 11.3 Å². The average molecular weight is 394 g/mol. The molecule has 0 aliphatic carbocycles. The van der Waals surface area contributed by atoms with Gasteiger partial charge in [0.05, 0.1) is 9.47 Å². The largest absolute Gasteiger partial charge is 0.478 e. The van der Waals surface area contributed by atoms with E-state index in [9.17, 15) is 17.6 Å². The first kappa shape index (κ1) is 15.9. The number of sulfonamides is 1. The summed E-state index contributed by atoms with van der Waals surface area (Å²) in [6.07, 6.45) is 0. The fraction of sp³-hybridized carbons (Fsp3) is 0.0833. The molecule has 0 amide bonds. The van der Waals surface area contributed by atoms with Crippen molar-refractivity contribution in [2.45, 2.75) is 11.8 Å². The lowest BCUT2D eigenvalue weighted by atomic mass is 10.2. The van der Waals surface area contributed by atoms with Crippen molar-refractivity contribution in [3.8, 4) is 0 Å². The minimum absolute atomic E-state index is 0.0139. The number of carboxylic acid groups (broad SMARTS) is 1. The van der Waals surface area contributed by atoms with Crippen molar-refractivity contribution in [1.29, 1.82) is 0 Å². The molecule has 0 fully saturated rings. The predicted octanol–water partition coefficient (Wildman–Crippen LogP) is 3.46. The number of aryl methyl sites for hydroxylation is 1. The summed E-state index contributed by atoms with van der Waals surface area (Å²) >= 11 is 4.41. The highest BCUT2D eigenvalue weighted by Crippen LogP contribution is 2.31. The van der Waals surface area contributed by atoms with E-state index in [4.69, 9.17) is 5.11 Å². The zero-order valence-electron chi connectivity index (χ0n) is 10.6. The highest BCUT2D eigenvalue weighted by molar-refractivity contribution is 9.11. The third kappa shape index (κ3) is 3.25. The maximum Gasteiger partial charge on any atom is 0.340 e. The molecule has 0 unspecified atom stereocenters. The first-order chi connectivity index (χ1) is 9.72. The van der Waals surface area contributed by atoms with Crippen LogP contribution in [0.1, 0.15) is 15.2 Å². The fourth-order valence-corrected chi connectivity index (χ4v) is 5.21. The van der Waals surface area contributed by atoms with Crippen LogP contribution in [0, 0.1) is 12.7 Å². The molecule has 0 aliphatic heterocycles. The van der Waals surface area contributed by atoms with Gasteiger partial charge in [-0.25, -0.2) is 17.6 Å². The van der Waals surface area contributed by atoms with Crippen molar-refractivity contribution >= 4 is 48.9 Å².